The van der Waals surface area contributed by atoms with E-state index in [4.69, 9.17) is 11.6 Å². The lowest BCUT2D eigenvalue weighted by atomic mass is 10.4. The van der Waals surface area contributed by atoms with Gasteiger partial charge in [0, 0.05) is 7.05 Å². The Kier molecular flexibility index (Phi) is 2.40. The van der Waals surface area contributed by atoms with Crippen LogP contribution in [0.4, 0.5) is 13.2 Å². The summed E-state index contributed by atoms with van der Waals surface area (Å²) in [5.74, 6) is 0. The van der Waals surface area contributed by atoms with Gasteiger partial charge in [0.1, 0.15) is 5.15 Å². The minimum atomic E-state index is -4.47. The van der Waals surface area contributed by atoms with Crippen LogP contribution in [0.2, 0.25) is 5.15 Å². The molecule has 0 spiro atoms. The summed E-state index contributed by atoms with van der Waals surface area (Å²) in [7, 11) is 1.34. The van der Waals surface area contributed by atoms with Gasteiger partial charge in [0.2, 0.25) is 0 Å². The van der Waals surface area contributed by atoms with E-state index in [0.29, 0.717) is 0 Å². The van der Waals surface area contributed by atoms with Crippen LogP contribution in [-0.4, -0.2) is 9.78 Å². The van der Waals surface area contributed by atoms with E-state index in [-0.39, 0.29) is 9.63 Å². The summed E-state index contributed by atoms with van der Waals surface area (Å²) in [4.78, 5) is 0. The van der Waals surface area contributed by atoms with Crippen LogP contribution in [0.3, 0.4) is 0 Å². The van der Waals surface area contributed by atoms with E-state index in [2.05, 4.69) is 21.0 Å². The first-order chi connectivity index (χ1) is 5.34. The molecule has 0 aliphatic rings. The van der Waals surface area contributed by atoms with Gasteiger partial charge in [-0.15, -0.1) is 0 Å². The summed E-state index contributed by atoms with van der Waals surface area (Å²) in [6.07, 6.45) is -4.47. The molecule has 12 heavy (non-hydrogen) atoms. The van der Waals surface area contributed by atoms with E-state index in [9.17, 15) is 13.2 Å². The molecule has 7 heteroatoms. The molecule has 0 N–H and O–H groups in total. The van der Waals surface area contributed by atoms with Gasteiger partial charge in [-0.05, 0) is 15.9 Å². The number of rotatable bonds is 0. The molecule has 0 aromatic carbocycles. The molecule has 0 bridgehead atoms. The Balaban J connectivity index is 3.28. The van der Waals surface area contributed by atoms with Crippen molar-refractivity contribution in [1.29, 1.82) is 0 Å². The number of halogens is 5. The average molecular weight is 263 g/mol. The fraction of sp³-hybridized carbons (Fsp3) is 0.400. The van der Waals surface area contributed by atoms with E-state index in [1.54, 1.807) is 0 Å². The molecule has 1 heterocycles. The van der Waals surface area contributed by atoms with E-state index in [0.717, 1.165) is 4.68 Å². The third kappa shape index (κ3) is 1.59. The highest BCUT2D eigenvalue weighted by atomic mass is 79.9. The largest absolute Gasteiger partial charge is 0.436 e. The second-order valence-electron chi connectivity index (χ2n) is 2.07. The quantitative estimate of drug-likeness (QED) is 0.704. The van der Waals surface area contributed by atoms with Gasteiger partial charge in [0.15, 0.2) is 5.69 Å². The van der Waals surface area contributed by atoms with Gasteiger partial charge >= 0.3 is 6.18 Å². The van der Waals surface area contributed by atoms with Crippen LogP contribution in [0, 0.1) is 0 Å². The summed E-state index contributed by atoms with van der Waals surface area (Å²) < 4.78 is 37.0. The first-order valence-corrected chi connectivity index (χ1v) is 3.96. The maximum Gasteiger partial charge on any atom is 0.436 e. The monoisotopic (exact) mass is 262 g/mol. The van der Waals surface area contributed by atoms with Crippen molar-refractivity contribution in [1.82, 2.24) is 9.78 Å². The minimum absolute atomic E-state index is 0.0673. The summed E-state index contributed by atoms with van der Waals surface area (Å²) >= 11 is 8.16. The fourth-order valence-electron chi connectivity index (χ4n) is 0.659. The molecular formula is C5H3BrClF3N2. The lowest BCUT2D eigenvalue weighted by Crippen LogP contribution is -2.07. The van der Waals surface area contributed by atoms with E-state index >= 15 is 0 Å². The Morgan fingerprint density at radius 3 is 2.17 bits per heavy atom. The zero-order valence-corrected chi connectivity index (χ0v) is 8.13. The normalized spacial score (nSPS) is 12.2. The minimum Gasteiger partial charge on any atom is -0.255 e. The van der Waals surface area contributed by atoms with Gasteiger partial charge < -0.3 is 0 Å². The summed E-state index contributed by atoms with van der Waals surface area (Å²) in [5.41, 5.74) is -1.00. The van der Waals surface area contributed by atoms with Gasteiger partial charge in [-0.3, -0.25) is 4.68 Å². The molecule has 2 nitrogen and oxygen atoms in total. The number of hydrogen-bond acceptors (Lipinski definition) is 1. The Bertz CT molecular complexity index is 306. The van der Waals surface area contributed by atoms with Crippen molar-refractivity contribution in [2.75, 3.05) is 0 Å². The molecule has 0 atom stereocenters. The fourth-order valence-corrected chi connectivity index (χ4v) is 1.35. The smallest absolute Gasteiger partial charge is 0.255 e. The third-order valence-corrected chi connectivity index (χ3v) is 2.60. The average Bonchev–Trinajstić information content (AvgIpc) is 2.15. The van der Waals surface area contributed by atoms with Crippen LogP contribution in [0.1, 0.15) is 5.69 Å². The summed E-state index contributed by atoms with van der Waals surface area (Å²) in [6.45, 7) is 0. The van der Waals surface area contributed by atoms with Crippen molar-refractivity contribution in [2.24, 2.45) is 7.05 Å². The summed E-state index contributed by atoms with van der Waals surface area (Å²) in [5, 5.41) is 3.13. The Hall–Kier alpha value is -0.230. The molecule has 0 amide bonds. The van der Waals surface area contributed by atoms with Gasteiger partial charge in [0.05, 0.1) is 4.47 Å². The van der Waals surface area contributed by atoms with Crippen LogP contribution in [0.25, 0.3) is 0 Å². The maximum atomic E-state index is 12.1. The zero-order valence-electron chi connectivity index (χ0n) is 5.78. The van der Waals surface area contributed by atoms with Crippen LogP contribution in [-0.2, 0) is 13.2 Å². The molecule has 1 rings (SSSR count). The lowest BCUT2D eigenvalue weighted by Gasteiger charge is -2.00. The van der Waals surface area contributed by atoms with Crippen LogP contribution < -0.4 is 0 Å². The van der Waals surface area contributed by atoms with Crippen molar-refractivity contribution >= 4 is 27.5 Å². The van der Waals surface area contributed by atoms with Gasteiger partial charge in [0.25, 0.3) is 0 Å². The van der Waals surface area contributed by atoms with Crippen molar-refractivity contribution < 1.29 is 13.2 Å². The SMILES string of the molecule is Cn1nc(C(F)(F)F)c(Br)c1Cl. The van der Waals surface area contributed by atoms with Crippen molar-refractivity contribution in [2.45, 2.75) is 6.18 Å². The number of aromatic nitrogens is 2. The Labute approximate surface area is 79.4 Å². The number of hydrogen-bond donors (Lipinski definition) is 0. The molecule has 68 valence electrons. The lowest BCUT2D eigenvalue weighted by molar-refractivity contribution is -0.142. The van der Waals surface area contributed by atoms with Crippen molar-refractivity contribution in [3.63, 3.8) is 0 Å². The predicted octanol–water partition coefficient (Wildman–Crippen LogP) is 2.85. The molecule has 0 saturated carbocycles. The molecule has 0 saturated heterocycles. The highest BCUT2D eigenvalue weighted by molar-refractivity contribution is 9.10. The molecule has 0 aliphatic carbocycles. The number of nitrogens with zero attached hydrogens (tertiary/aromatic N) is 2. The molecule has 0 radical (unpaired) electrons. The molecular weight excluding hydrogens is 260 g/mol. The second-order valence-corrected chi connectivity index (χ2v) is 3.23. The standard InChI is InChI=1S/C5H3BrClF3N2/c1-12-4(7)2(6)3(11-12)5(8,9)10/h1H3. The highest BCUT2D eigenvalue weighted by Crippen LogP contribution is 2.37. The first kappa shape index (κ1) is 9.85. The van der Waals surface area contributed by atoms with E-state index < -0.39 is 11.9 Å². The van der Waals surface area contributed by atoms with Crippen LogP contribution in [0.5, 0.6) is 0 Å². The summed E-state index contributed by atoms with van der Waals surface area (Å²) in [6, 6.07) is 0. The molecule has 1 aromatic rings. The highest BCUT2D eigenvalue weighted by Gasteiger charge is 2.37. The van der Waals surface area contributed by atoms with Gasteiger partial charge in [-0.25, -0.2) is 0 Å². The number of alkyl halides is 3. The molecule has 1 aromatic heterocycles. The third-order valence-electron chi connectivity index (χ3n) is 1.19. The Morgan fingerprint density at radius 1 is 1.50 bits per heavy atom. The molecule has 0 aliphatic heterocycles. The topological polar surface area (TPSA) is 17.8 Å². The Morgan fingerprint density at radius 2 is 2.00 bits per heavy atom. The van der Waals surface area contributed by atoms with Crippen LogP contribution >= 0.6 is 27.5 Å². The van der Waals surface area contributed by atoms with Gasteiger partial charge in [-0.2, -0.15) is 18.3 Å². The molecule has 0 unspecified atom stereocenters. The van der Waals surface area contributed by atoms with Crippen molar-refractivity contribution in [3.8, 4) is 0 Å². The maximum absolute atomic E-state index is 12.1. The predicted molar refractivity (Wildman–Crippen MR) is 40.9 cm³/mol. The van der Waals surface area contributed by atoms with Crippen molar-refractivity contribution in [3.05, 3.63) is 15.3 Å². The van der Waals surface area contributed by atoms with Gasteiger partial charge in [-0.1, -0.05) is 11.6 Å². The second kappa shape index (κ2) is 2.92. The molecule has 0 fully saturated rings. The van der Waals surface area contributed by atoms with E-state index in [1.165, 1.54) is 7.05 Å². The van der Waals surface area contributed by atoms with E-state index in [1.807, 2.05) is 0 Å². The van der Waals surface area contributed by atoms with Crippen LogP contribution in [0.15, 0.2) is 4.47 Å². The zero-order chi connectivity index (χ0) is 9.52. The number of aryl methyl sites for hydroxylation is 1. The first-order valence-electron chi connectivity index (χ1n) is 2.79.